The van der Waals surface area contributed by atoms with Crippen molar-refractivity contribution >= 4 is 0 Å². The summed E-state index contributed by atoms with van der Waals surface area (Å²) in [5.41, 5.74) is 3.14. The molecule has 1 atom stereocenters. The SMILES string of the molecule is CC.CC.CC(C)CC(c1ccc(C[n+]2ccccc2)cc1)C(C)(C)C. The summed E-state index contributed by atoms with van der Waals surface area (Å²) < 4.78 is 2.21. The van der Waals surface area contributed by atoms with Crippen LogP contribution in [0.4, 0.5) is 0 Å². The van der Waals surface area contributed by atoms with Crippen LogP contribution in [0.3, 0.4) is 0 Å². The number of hydrogen-bond donors (Lipinski definition) is 0. The Kier molecular flexibility index (Phi) is 11.9. The quantitative estimate of drug-likeness (QED) is 0.497. The highest BCUT2D eigenvalue weighted by atomic mass is 14.9. The molecule has 0 amide bonds. The van der Waals surface area contributed by atoms with Gasteiger partial charge in [-0.2, -0.15) is 0 Å². The molecule has 1 heteroatoms. The van der Waals surface area contributed by atoms with Crippen molar-refractivity contribution in [2.45, 2.75) is 81.2 Å². The molecule has 0 aliphatic heterocycles. The van der Waals surface area contributed by atoms with Gasteiger partial charge < -0.3 is 0 Å². The Hall–Kier alpha value is -1.63. The maximum absolute atomic E-state index is 2.35. The van der Waals surface area contributed by atoms with Gasteiger partial charge in [-0.05, 0) is 29.2 Å². The lowest BCUT2D eigenvalue weighted by molar-refractivity contribution is -0.688. The first kappa shape index (κ1) is 24.4. The molecule has 26 heavy (non-hydrogen) atoms. The Morgan fingerprint density at radius 3 is 1.73 bits per heavy atom. The normalized spacial score (nSPS) is 11.8. The van der Waals surface area contributed by atoms with Crippen molar-refractivity contribution < 1.29 is 4.57 Å². The molecular weight excluding hydrogens is 314 g/mol. The third kappa shape index (κ3) is 8.65. The second-order valence-corrected chi connectivity index (χ2v) is 7.84. The molecular formula is C25H42N+. The molecule has 0 saturated heterocycles. The molecule has 1 aromatic carbocycles. The lowest BCUT2D eigenvalue weighted by Crippen LogP contribution is -2.32. The molecule has 0 N–H and O–H groups in total. The van der Waals surface area contributed by atoms with E-state index in [-0.39, 0.29) is 0 Å². The smallest absolute Gasteiger partial charge is 0.173 e. The molecule has 0 saturated carbocycles. The first-order chi connectivity index (χ1) is 12.4. The molecule has 146 valence electrons. The van der Waals surface area contributed by atoms with Crippen LogP contribution in [0.25, 0.3) is 0 Å². The van der Waals surface area contributed by atoms with Crippen molar-refractivity contribution in [2.24, 2.45) is 11.3 Å². The number of rotatable bonds is 5. The molecule has 0 radical (unpaired) electrons. The summed E-state index contributed by atoms with van der Waals surface area (Å²) in [6.07, 6.45) is 5.48. The molecule has 1 heterocycles. The fourth-order valence-corrected chi connectivity index (χ4v) is 3.07. The zero-order chi connectivity index (χ0) is 20.2. The fourth-order valence-electron chi connectivity index (χ4n) is 3.07. The maximum Gasteiger partial charge on any atom is 0.173 e. The van der Waals surface area contributed by atoms with Crippen LogP contribution in [-0.2, 0) is 6.54 Å². The second-order valence-electron chi connectivity index (χ2n) is 7.84. The Morgan fingerprint density at radius 2 is 1.31 bits per heavy atom. The van der Waals surface area contributed by atoms with Gasteiger partial charge in [0, 0.05) is 17.7 Å². The van der Waals surface area contributed by atoms with Crippen molar-refractivity contribution in [2.75, 3.05) is 0 Å². The number of hydrogen-bond acceptors (Lipinski definition) is 0. The first-order valence-electron chi connectivity index (χ1n) is 10.4. The minimum absolute atomic E-state index is 0.306. The van der Waals surface area contributed by atoms with Crippen molar-refractivity contribution in [3.05, 3.63) is 66.0 Å². The van der Waals surface area contributed by atoms with Crippen LogP contribution < -0.4 is 4.57 Å². The minimum atomic E-state index is 0.306. The highest BCUT2D eigenvalue weighted by molar-refractivity contribution is 5.26. The van der Waals surface area contributed by atoms with E-state index >= 15 is 0 Å². The van der Waals surface area contributed by atoms with Crippen LogP contribution >= 0.6 is 0 Å². The van der Waals surface area contributed by atoms with Gasteiger partial charge in [-0.1, -0.05) is 92.6 Å². The zero-order valence-electron chi connectivity index (χ0n) is 18.7. The van der Waals surface area contributed by atoms with Crippen LogP contribution in [0.2, 0.25) is 0 Å². The van der Waals surface area contributed by atoms with E-state index in [0.717, 1.165) is 12.5 Å². The summed E-state index contributed by atoms with van der Waals surface area (Å²) in [5, 5.41) is 0. The van der Waals surface area contributed by atoms with E-state index in [1.54, 1.807) is 0 Å². The minimum Gasteiger partial charge on any atom is -0.201 e. The van der Waals surface area contributed by atoms with Crippen LogP contribution in [-0.4, -0.2) is 0 Å². The molecule has 0 aliphatic rings. The summed E-state index contributed by atoms with van der Waals surface area (Å²) in [7, 11) is 0. The number of aromatic nitrogens is 1. The molecule has 0 bridgehead atoms. The molecule has 1 unspecified atom stereocenters. The predicted molar refractivity (Wildman–Crippen MR) is 117 cm³/mol. The summed E-state index contributed by atoms with van der Waals surface area (Å²) >= 11 is 0. The molecule has 1 aromatic heterocycles. The van der Waals surface area contributed by atoms with E-state index in [9.17, 15) is 0 Å². The van der Waals surface area contributed by atoms with Gasteiger partial charge in [-0.25, -0.2) is 4.57 Å². The molecule has 2 aromatic rings. The van der Waals surface area contributed by atoms with E-state index in [2.05, 4.69) is 94.0 Å². The van der Waals surface area contributed by atoms with Gasteiger partial charge >= 0.3 is 0 Å². The molecule has 2 rings (SSSR count). The Bertz CT molecular complexity index is 561. The van der Waals surface area contributed by atoms with Gasteiger partial charge in [0.05, 0.1) is 0 Å². The number of pyridine rings is 1. The lowest BCUT2D eigenvalue weighted by atomic mass is 9.72. The lowest BCUT2D eigenvalue weighted by Gasteiger charge is -2.32. The van der Waals surface area contributed by atoms with Crippen molar-refractivity contribution in [3.63, 3.8) is 0 Å². The van der Waals surface area contributed by atoms with Gasteiger partial charge in [0.25, 0.3) is 0 Å². The zero-order valence-corrected chi connectivity index (χ0v) is 18.7. The van der Waals surface area contributed by atoms with E-state index in [1.807, 2.05) is 27.7 Å². The highest BCUT2D eigenvalue weighted by Gasteiger charge is 2.26. The van der Waals surface area contributed by atoms with Crippen LogP contribution in [0.1, 0.15) is 85.8 Å². The Morgan fingerprint density at radius 1 is 0.808 bits per heavy atom. The average Bonchev–Trinajstić information content (AvgIpc) is 2.64. The van der Waals surface area contributed by atoms with Crippen LogP contribution in [0.5, 0.6) is 0 Å². The first-order valence-corrected chi connectivity index (χ1v) is 10.4. The summed E-state index contributed by atoms with van der Waals surface area (Å²) in [6.45, 7) is 20.6. The predicted octanol–water partition coefficient (Wildman–Crippen LogP) is 7.25. The van der Waals surface area contributed by atoms with Gasteiger partial charge in [0.15, 0.2) is 18.9 Å². The van der Waals surface area contributed by atoms with Crippen molar-refractivity contribution in [1.29, 1.82) is 0 Å². The average molecular weight is 357 g/mol. The van der Waals surface area contributed by atoms with Gasteiger partial charge in [0.2, 0.25) is 0 Å². The van der Waals surface area contributed by atoms with Crippen LogP contribution in [0.15, 0.2) is 54.9 Å². The summed E-state index contributed by atoms with van der Waals surface area (Å²) in [4.78, 5) is 0. The number of benzene rings is 1. The summed E-state index contributed by atoms with van der Waals surface area (Å²) in [5.74, 6) is 1.34. The molecule has 1 nitrogen and oxygen atoms in total. The molecule has 0 aliphatic carbocycles. The third-order valence-electron chi connectivity index (χ3n) is 4.28. The third-order valence-corrected chi connectivity index (χ3v) is 4.28. The van der Waals surface area contributed by atoms with E-state index in [0.29, 0.717) is 11.3 Å². The van der Waals surface area contributed by atoms with E-state index in [4.69, 9.17) is 0 Å². The molecule has 0 fully saturated rings. The van der Waals surface area contributed by atoms with Crippen LogP contribution in [0, 0.1) is 11.3 Å². The topological polar surface area (TPSA) is 3.88 Å². The van der Waals surface area contributed by atoms with E-state index in [1.165, 1.54) is 17.5 Å². The van der Waals surface area contributed by atoms with Gasteiger partial charge in [-0.15, -0.1) is 0 Å². The highest BCUT2D eigenvalue weighted by Crippen LogP contribution is 2.39. The number of nitrogens with zero attached hydrogens (tertiary/aromatic N) is 1. The Balaban J connectivity index is 0.00000146. The van der Waals surface area contributed by atoms with Gasteiger partial charge in [0.1, 0.15) is 0 Å². The van der Waals surface area contributed by atoms with Crippen molar-refractivity contribution in [1.82, 2.24) is 0 Å². The van der Waals surface area contributed by atoms with Gasteiger partial charge in [-0.3, -0.25) is 0 Å². The standard InChI is InChI=1S/C21H30N.2C2H6/c1-17(2)15-20(21(3,4)5)19-11-9-18(10-12-19)16-22-13-7-6-8-14-22;2*1-2/h6-14,17,20H,15-16H2,1-5H3;2*1-2H3/q+1;;. The monoisotopic (exact) mass is 356 g/mol. The van der Waals surface area contributed by atoms with E-state index < -0.39 is 0 Å². The Labute approximate surface area is 163 Å². The largest absolute Gasteiger partial charge is 0.201 e. The summed E-state index contributed by atoms with van der Waals surface area (Å²) in [6, 6.07) is 15.4. The van der Waals surface area contributed by atoms with Crippen molar-refractivity contribution in [3.8, 4) is 0 Å². The second kappa shape index (κ2) is 12.7. The maximum atomic E-state index is 2.35. The molecule has 0 spiro atoms. The fraction of sp³-hybridized carbons (Fsp3) is 0.560.